The van der Waals surface area contributed by atoms with E-state index in [1.807, 2.05) is 31.2 Å². The molecule has 0 spiro atoms. The molecule has 2 heterocycles. The van der Waals surface area contributed by atoms with Gasteiger partial charge in [-0.3, -0.25) is 4.79 Å². The Balaban J connectivity index is 1.94. The van der Waals surface area contributed by atoms with Crippen LogP contribution in [0.25, 0.3) is 0 Å². The van der Waals surface area contributed by atoms with Crippen LogP contribution < -0.4 is 11.3 Å². The molecule has 1 aromatic carbocycles. The van der Waals surface area contributed by atoms with Crippen molar-refractivity contribution in [2.24, 2.45) is 5.10 Å². The summed E-state index contributed by atoms with van der Waals surface area (Å²) < 4.78 is 2.76. The van der Waals surface area contributed by atoms with E-state index >= 15 is 0 Å². The molecule has 0 unspecified atom stereocenters. The third-order valence-corrected chi connectivity index (χ3v) is 4.64. The first-order valence-corrected chi connectivity index (χ1v) is 8.62. The van der Waals surface area contributed by atoms with Crippen molar-refractivity contribution in [3.63, 3.8) is 0 Å². The minimum absolute atomic E-state index is 0.253. The van der Waals surface area contributed by atoms with Gasteiger partial charge in [-0.2, -0.15) is 14.9 Å². The Morgan fingerprint density at radius 3 is 2.65 bits per heavy atom. The van der Waals surface area contributed by atoms with Crippen LogP contribution in [-0.4, -0.2) is 20.7 Å². The van der Waals surface area contributed by atoms with Crippen molar-refractivity contribution in [2.45, 2.75) is 20.4 Å². The fourth-order valence-corrected chi connectivity index (χ4v) is 3.04. The predicted molar refractivity (Wildman–Crippen MR) is 105 cm³/mol. The van der Waals surface area contributed by atoms with Crippen LogP contribution in [-0.2, 0) is 6.54 Å². The van der Waals surface area contributed by atoms with Gasteiger partial charge in [0.15, 0.2) is 0 Å². The molecule has 0 atom stereocenters. The van der Waals surface area contributed by atoms with Crippen molar-refractivity contribution >= 4 is 35.2 Å². The van der Waals surface area contributed by atoms with Crippen molar-refractivity contribution in [3.05, 3.63) is 79.3 Å². The van der Waals surface area contributed by atoms with Gasteiger partial charge in [0.2, 0.25) is 0 Å². The Labute approximate surface area is 160 Å². The van der Waals surface area contributed by atoms with Crippen molar-refractivity contribution in [3.8, 4) is 0 Å². The van der Waals surface area contributed by atoms with E-state index in [1.165, 1.54) is 12.3 Å². The molecule has 8 heteroatoms. The van der Waals surface area contributed by atoms with Gasteiger partial charge in [-0.15, -0.1) is 0 Å². The quantitative estimate of drug-likeness (QED) is 0.693. The number of rotatable bonds is 4. The number of nitrogens with two attached hydrogens (primary N) is 1. The highest BCUT2D eigenvalue weighted by Gasteiger charge is 2.13. The summed E-state index contributed by atoms with van der Waals surface area (Å²) in [5.74, 6) is 0.253. The average Bonchev–Trinajstić information content (AvgIpc) is 2.83. The lowest BCUT2D eigenvalue weighted by molar-refractivity contribution is 0.680. The summed E-state index contributed by atoms with van der Waals surface area (Å²) in [7, 11) is 0. The van der Waals surface area contributed by atoms with E-state index in [9.17, 15) is 4.79 Å². The van der Waals surface area contributed by atoms with Gasteiger partial charge in [-0.25, -0.2) is 4.68 Å². The van der Waals surface area contributed by atoms with Crippen LogP contribution in [0.2, 0.25) is 10.2 Å². The number of anilines is 1. The summed E-state index contributed by atoms with van der Waals surface area (Å²) in [6.45, 7) is 4.04. The maximum atomic E-state index is 12.0. The van der Waals surface area contributed by atoms with Crippen LogP contribution in [0, 0.1) is 13.8 Å². The maximum absolute atomic E-state index is 12.0. The van der Waals surface area contributed by atoms with Gasteiger partial charge in [0, 0.05) is 11.1 Å². The number of hydrogen-bond donors (Lipinski definition) is 1. The highest BCUT2D eigenvalue weighted by atomic mass is 35.5. The number of aromatic nitrogens is 3. The molecule has 0 aliphatic rings. The normalized spacial score (nSPS) is 11.4. The summed E-state index contributed by atoms with van der Waals surface area (Å²) in [6, 6.07) is 10.6. The lowest BCUT2D eigenvalue weighted by Crippen LogP contribution is -2.19. The second-order valence-electron chi connectivity index (χ2n) is 5.89. The van der Waals surface area contributed by atoms with Gasteiger partial charge in [0.05, 0.1) is 24.0 Å². The first-order chi connectivity index (χ1) is 12.4. The van der Waals surface area contributed by atoms with Crippen LogP contribution >= 0.6 is 23.2 Å². The molecule has 0 radical (unpaired) electrons. The Kier molecular flexibility index (Phi) is 5.15. The Hall–Kier alpha value is -2.57. The fraction of sp³-hybridized carbons (Fsp3) is 0.167. The Morgan fingerprint density at radius 1 is 1.23 bits per heavy atom. The molecule has 6 nitrogen and oxygen atoms in total. The van der Waals surface area contributed by atoms with Gasteiger partial charge in [0.25, 0.3) is 5.56 Å². The third-order valence-electron chi connectivity index (χ3n) is 3.87. The van der Waals surface area contributed by atoms with Crippen molar-refractivity contribution in [1.82, 2.24) is 14.5 Å². The van der Waals surface area contributed by atoms with Crippen molar-refractivity contribution in [2.75, 3.05) is 5.73 Å². The van der Waals surface area contributed by atoms with E-state index < -0.39 is 0 Å². The number of hydrogen-bond acceptors (Lipinski definition) is 4. The summed E-state index contributed by atoms with van der Waals surface area (Å²) >= 11 is 12.6. The monoisotopic (exact) mass is 389 g/mol. The highest BCUT2D eigenvalue weighted by Crippen LogP contribution is 2.22. The molecule has 0 saturated heterocycles. The molecule has 0 amide bonds. The lowest BCUT2D eigenvalue weighted by Gasteiger charge is -2.05. The largest absolute Gasteiger partial charge is 0.384 e. The molecule has 0 fully saturated rings. The Bertz CT molecular complexity index is 1050. The zero-order valence-corrected chi connectivity index (χ0v) is 15.8. The van der Waals surface area contributed by atoms with Gasteiger partial charge in [-0.05, 0) is 37.1 Å². The molecule has 2 N–H and O–H groups in total. The minimum atomic E-state index is -0.309. The fourth-order valence-electron chi connectivity index (χ4n) is 2.56. The van der Waals surface area contributed by atoms with Crippen LogP contribution in [0.5, 0.6) is 0 Å². The number of pyridine rings is 1. The van der Waals surface area contributed by atoms with E-state index in [1.54, 1.807) is 17.7 Å². The van der Waals surface area contributed by atoms with E-state index in [0.29, 0.717) is 28.0 Å². The molecular formula is C18H17Cl2N5O. The lowest BCUT2D eigenvalue weighted by atomic mass is 10.2. The molecule has 0 bridgehead atoms. The zero-order chi connectivity index (χ0) is 18.8. The van der Waals surface area contributed by atoms with E-state index in [4.69, 9.17) is 28.9 Å². The zero-order valence-electron chi connectivity index (χ0n) is 14.3. The number of benzene rings is 1. The molecule has 2 aromatic heterocycles. The number of aryl methyl sites for hydroxylation is 2. The number of nitrogens with zero attached hydrogens (tertiary/aromatic N) is 4. The predicted octanol–water partition coefficient (Wildman–Crippen LogP) is 3.48. The molecule has 0 aliphatic carbocycles. The highest BCUT2D eigenvalue weighted by molar-refractivity contribution is 6.32. The summed E-state index contributed by atoms with van der Waals surface area (Å²) in [5, 5.41) is 9.65. The molecule has 3 aromatic rings. The van der Waals surface area contributed by atoms with Crippen LogP contribution in [0.4, 0.5) is 5.82 Å². The van der Waals surface area contributed by atoms with E-state index in [-0.39, 0.29) is 11.4 Å². The summed E-state index contributed by atoms with van der Waals surface area (Å²) in [4.78, 5) is 12.0. The average molecular weight is 390 g/mol. The van der Waals surface area contributed by atoms with E-state index in [2.05, 4.69) is 10.2 Å². The van der Waals surface area contributed by atoms with Gasteiger partial charge in [-0.1, -0.05) is 41.4 Å². The van der Waals surface area contributed by atoms with Gasteiger partial charge < -0.3 is 5.73 Å². The number of nitrogen functional groups attached to an aromatic ring is 1. The van der Waals surface area contributed by atoms with Crippen LogP contribution in [0.3, 0.4) is 0 Å². The number of halogens is 2. The minimum Gasteiger partial charge on any atom is -0.384 e. The Morgan fingerprint density at radius 2 is 1.96 bits per heavy atom. The first-order valence-electron chi connectivity index (χ1n) is 7.86. The second kappa shape index (κ2) is 7.35. The molecule has 3 rings (SSSR count). The van der Waals surface area contributed by atoms with Crippen molar-refractivity contribution in [1.29, 1.82) is 0 Å². The molecular weight excluding hydrogens is 373 g/mol. The smallest absolute Gasteiger partial charge is 0.273 e. The van der Waals surface area contributed by atoms with E-state index in [0.717, 1.165) is 15.8 Å². The SMILES string of the molecule is Cc1cc(N)n(/N=C\c2c(C)nn(Cc3ccccc3Cl)c2Cl)c(=O)c1. The summed E-state index contributed by atoms with van der Waals surface area (Å²) in [5.41, 5.74) is 8.54. The molecule has 26 heavy (non-hydrogen) atoms. The third kappa shape index (κ3) is 3.66. The standard InChI is InChI=1S/C18H17Cl2N5O/c1-11-7-16(21)25(17(26)8-11)22-9-14-12(2)23-24(18(14)20)10-13-5-3-4-6-15(13)19/h3-9H,10,21H2,1-2H3/b22-9-. The van der Waals surface area contributed by atoms with Gasteiger partial charge in [0.1, 0.15) is 11.0 Å². The molecule has 0 saturated carbocycles. The molecule has 0 aliphatic heterocycles. The van der Waals surface area contributed by atoms with Gasteiger partial charge >= 0.3 is 0 Å². The second-order valence-corrected chi connectivity index (χ2v) is 6.66. The van der Waals surface area contributed by atoms with Crippen molar-refractivity contribution < 1.29 is 0 Å². The molecule has 134 valence electrons. The topological polar surface area (TPSA) is 78.2 Å². The first kappa shape index (κ1) is 18.2. The summed E-state index contributed by atoms with van der Waals surface area (Å²) in [6.07, 6.45) is 1.49. The van der Waals surface area contributed by atoms with Crippen LogP contribution in [0.15, 0.2) is 46.3 Å². The van der Waals surface area contributed by atoms with Crippen LogP contribution in [0.1, 0.15) is 22.4 Å². The maximum Gasteiger partial charge on any atom is 0.273 e.